The van der Waals surface area contributed by atoms with E-state index < -0.39 is 0 Å². The molecule has 0 atom stereocenters. The zero-order valence-corrected chi connectivity index (χ0v) is 9.22. The molecule has 0 spiro atoms. The third kappa shape index (κ3) is 1.96. The molecule has 0 fully saturated rings. The van der Waals surface area contributed by atoms with E-state index in [4.69, 9.17) is 11.6 Å². The van der Waals surface area contributed by atoms with E-state index in [1.807, 2.05) is 25.1 Å². The molecule has 1 heterocycles. The first-order valence-electron chi connectivity index (χ1n) is 3.10. The van der Waals surface area contributed by atoms with Crippen molar-refractivity contribution in [1.82, 2.24) is 4.98 Å². The molecule has 0 N–H and O–H groups in total. The Morgan fingerprint density at radius 3 is 2.64 bits per heavy atom. The van der Waals surface area contributed by atoms with Crippen molar-refractivity contribution in [2.45, 2.75) is 0 Å². The molecular formula is C7H8ClIN2. The van der Waals surface area contributed by atoms with Crippen LogP contribution in [0.3, 0.4) is 0 Å². The molecule has 0 aliphatic heterocycles. The van der Waals surface area contributed by atoms with Gasteiger partial charge in [0.15, 0.2) is 0 Å². The fourth-order valence-corrected chi connectivity index (χ4v) is 1.40. The molecule has 2 nitrogen and oxygen atoms in total. The maximum atomic E-state index is 5.98. The van der Waals surface area contributed by atoms with Crippen molar-refractivity contribution < 1.29 is 0 Å². The Kier molecular flexibility index (Phi) is 2.95. The summed E-state index contributed by atoms with van der Waals surface area (Å²) in [6.07, 6.45) is 1.75. The fraction of sp³-hybridized carbons (Fsp3) is 0.286. The van der Waals surface area contributed by atoms with E-state index >= 15 is 0 Å². The molecule has 0 aliphatic carbocycles. The van der Waals surface area contributed by atoms with Gasteiger partial charge >= 0.3 is 0 Å². The number of hydrogen-bond donors (Lipinski definition) is 0. The third-order valence-corrected chi connectivity index (χ3v) is 2.84. The molecule has 1 aromatic heterocycles. The van der Waals surface area contributed by atoms with E-state index in [1.54, 1.807) is 6.20 Å². The van der Waals surface area contributed by atoms with Crippen LogP contribution in [0.5, 0.6) is 0 Å². The molecule has 0 saturated carbocycles. The lowest BCUT2D eigenvalue weighted by molar-refractivity contribution is 1.07. The van der Waals surface area contributed by atoms with E-state index in [2.05, 4.69) is 27.6 Å². The molecule has 0 aromatic carbocycles. The van der Waals surface area contributed by atoms with Crippen molar-refractivity contribution in [3.8, 4) is 0 Å². The second-order valence-corrected chi connectivity index (χ2v) is 3.86. The van der Waals surface area contributed by atoms with Crippen molar-refractivity contribution in [3.05, 3.63) is 20.9 Å². The summed E-state index contributed by atoms with van der Waals surface area (Å²) in [6.45, 7) is 0. The van der Waals surface area contributed by atoms with Crippen molar-refractivity contribution in [2.75, 3.05) is 19.0 Å². The maximum absolute atomic E-state index is 5.98. The quantitative estimate of drug-likeness (QED) is 0.735. The number of nitrogens with zero attached hydrogens (tertiary/aromatic N) is 2. The lowest BCUT2D eigenvalue weighted by Crippen LogP contribution is -2.11. The van der Waals surface area contributed by atoms with Gasteiger partial charge in [-0.1, -0.05) is 11.6 Å². The number of hydrogen-bond acceptors (Lipinski definition) is 2. The smallest absolute Gasteiger partial charge is 0.147 e. The summed E-state index contributed by atoms with van der Waals surface area (Å²) < 4.78 is 1.03. The number of aromatic nitrogens is 1. The highest BCUT2D eigenvalue weighted by atomic mass is 127. The molecule has 0 radical (unpaired) electrons. The molecule has 0 saturated heterocycles. The fourth-order valence-electron chi connectivity index (χ4n) is 0.722. The van der Waals surface area contributed by atoms with Crippen LogP contribution in [0.1, 0.15) is 0 Å². The van der Waals surface area contributed by atoms with Gasteiger partial charge in [0, 0.05) is 23.9 Å². The monoisotopic (exact) mass is 282 g/mol. The van der Waals surface area contributed by atoms with Gasteiger partial charge in [-0.3, -0.25) is 0 Å². The normalized spacial score (nSPS) is 9.82. The van der Waals surface area contributed by atoms with Gasteiger partial charge in [0.1, 0.15) is 5.82 Å². The van der Waals surface area contributed by atoms with Crippen LogP contribution in [0.15, 0.2) is 12.3 Å². The highest BCUT2D eigenvalue weighted by Crippen LogP contribution is 2.25. The van der Waals surface area contributed by atoms with E-state index in [0.717, 1.165) is 14.4 Å². The SMILES string of the molecule is CN(C)c1nccc(I)c1Cl. The van der Waals surface area contributed by atoms with Crippen LogP contribution in [0, 0.1) is 3.57 Å². The van der Waals surface area contributed by atoms with E-state index in [0.29, 0.717) is 0 Å². The summed E-state index contributed by atoms with van der Waals surface area (Å²) in [5.41, 5.74) is 0. The Morgan fingerprint density at radius 2 is 2.18 bits per heavy atom. The van der Waals surface area contributed by atoms with Crippen LogP contribution in [-0.2, 0) is 0 Å². The van der Waals surface area contributed by atoms with Gasteiger partial charge in [-0.15, -0.1) is 0 Å². The Hall–Kier alpha value is -0.0300. The van der Waals surface area contributed by atoms with Gasteiger partial charge < -0.3 is 4.90 Å². The first-order chi connectivity index (χ1) is 5.13. The van der Waals surface area contributed by atoms with E-state index in [1.165, 1.54) is 0 Å². The summed E-state index contributed by atoms with van der Waals surface area (Å²) in [4.78, 5) is 6.02. The van der Waals surface area contributed by atoms with Crippen molar-refractivity contribution in [1.29, 1.82) is 0 Å². The summed E-state index contributed by atoms with van der Waals surface area (Å²) >= 11 is 8.16. The first-order valence-corrected chi connectivity index (χ1v) is 4.56. The number of rotatable bonds is 1. The standard InChI is InChI=1S/C7H8ClIN2/c1-11(2)7-6(8)5(9)3-4-10-7/h3-4H,1-2H3. The number of anilines is 1. The van der Waals surface area contributed by atoms with Gasteiger partial charge in [0.25, 0.3) is 0 Å². The Morgan fingerprint density at radius 1 is 1.55 bits per heavy atom. The second kappa shape index (κ2) is 3.58. The molecule has 4 heteroatoms. The van der Waals surface area contributed by atoms with Gasteiger partial charge in [0.05, 0.1) is 5.02 Å². The number of pyridine rings is 1. The molecular weight excluding hydrogens is 274 g/mol. The lowest BCUT2D eigenvalue weighted by atomic mass is 10.4. The zero-order chi connectivity index (χ0) is 8.43. The maximum Gasteiger partial charge on any atom is 0.147 e. The van der Waals surface area contributed by atoms with Crippen LogP contribution in [-0.4, -0.2) is 19.1 Å². The minimum atomic E-state index is 0.720. The molecule has 1 rings (SSSR count). The Bertz CT molecular complexity index is 263. The predicted molar refractivity (Wildman–Crippen MR) is 56.3 cm³/mol. The summed E-state index contributed by atoms with van der Waals surface area (Å²) in [6, 6.07) is 1.88. The van der Waals surface area contributed by atoms with Crippen LogP contribution in [0.4, 0.5) is 5.82 Å². The molecule has 0 aliphatic rings. The minimum absolute atomic E-state index is 0.720. The molecule has 11 heavy (non-hydrogen) atoms. The lowest BCUT2D eigenvalue weighted by Gasteiger charge is -2.12. The van der Waals surface area contributed by atoms with Crippen LogP contribution >= 0.6 is 34.2 Å². The summed E-state index contributed by atoms with van der Waals surface area (Å²) in [5.74, 6) is 0.818. The molecule has 60 valence electrons. The predicted octanol–water partition coefficient (Wildman–Crippen LogP) is 2.41. The summed E-state index contributed by atoms with van der Waals surface area (Å²) in [5, 5.41) is 0.720. The minimum Gasteiger partial charge on any atom is -0.361 e. The van der Waals surface area contributed by atoms with Crippen molar-refractivity contribution in [3.63, 3.8) is 0 Å². The van der Waals surface area contributed by atoms with Gasteiger partial charge in [-0.05, 0) is 28.7 Å². The molecule has 0 unspecified atom stereocenters. The van der Waals surface area contributed by atoms with Crippen LogP contribution in [0.2, 0.25) is 5.02 Å². The Labute approximate surface area is 84.7 Å². The van der Waals surface area contributed by atoms with Crippen LogP contribution < -0.4 is 4.90 Å². The topological polar surface area (TPSA) is 16.1 Å². The average molecular weight is 283 g/mol. The van der Waals surface area contributed by atoms with Gasteiger partial charge in [-0.2, -0.15) is 0 Å². The summed E-state index contributed by atoms with van der Waals surface area (Å²) in [7, 11) is 3.84. The average Bonchev–Trinajstić information content (AvgIpc) is 1.94. The third-order valence-electron chi connectivity index (χ3n) is 1.25. The molecule has 0 amide bonds. The highest BCUT2D eigenvalue weighted by Gasteiger charge is 2.05. The number of halogens is 2. The highest BCUT2D eigenvalue weighted by molar-refractivity contribution is 14.1. The second-order valence-electron chi connectivity index (χ2n) is 2.32. The van der Waals surface area contributed by atoms with E-state index in [9.17, 15) is 0 Å². The Balaban J connectivity index is 3.17. The zero-order valence-electron chi connectivity index (χ0n) is 6.31. The van der Waals surface area contributed by atoms with Crippen LogP contribution in [0.25, 0.3) is 0 Å². The molecule has 0 bridgehead atoms. The van der Waals surface area contributed by atoms with E-state index in [-0.39, 0.29) is 0 Å². The van der Waals surface area contributed by atoms with Crippen molar-refractivity contribution >= 4 is 40.0 Å². The van der Waals surface area contributed by atoms with Gasteiger partial charge in [-0.25, -0.2) is 4.98 Å². The largest absolute Gasteiger partial charge is 0.361 e. The first kappa shape index (κ1) is 9.06. The van der Waals surface area contributed by atoms with Gasteiger partial charge in [0.2, 0.25) is 0 Å². The van der Waals surface area contributed by atoms with Crippen molar-refractivity contribution in [2.24, 2.45) is 0 Å². The molecule has 1 aromatic rings.